The molecule has 0 fully saturated rings. The lowest BCUT2D eigenvalue weighted by atomic mass is 10.2. The Labute approximate surface area is 113 Å². The highest BCUT2D eigenvalue weighted by molar-refractivity contribution is 7.89. The highest BCUT2D eigenvalue weighted by atomic mass is 32.2. The van der Waals surface area contributed by atoms with Crippen LogP contribution in [0.4, 0.5) is 0 Å². The average Bonchev–Trinajstić information content (AvgIpc) is 2.78. The van der Waals surface area contributed by atoms with Gasteiger partial charge in [-0.25, -0.2) is 18.2 Å². The van der Waals surface area contributed by atoms with Crippen molar-refractivity contribution in [3.05, 3.63) is 41.7 Å². The molecule has 0 saturated heterocycles. The van der Waals surface area contributed by atoms with Crippen LogP contribution in [0.1, 0.15) is 25.2 Å². The van der Waals surface area contributed by atoms with Gasteiger partial charge in [-0.15, -0.1) is 0 Å². The zero-order valence-corrected chi connectivity index (χ0v) is 11.8. The molecule has 0 amide bonds. The van der Waals surface area contributed by atoms with E-state index in [0.717, 1.165) is 5.69 Å². The fraction of sp³-hybridized carbons (Fsp3) is 0.308. The van der Waals surface area contributed by atoms with Gasteiger partial charge in [0.25, 0.3) is 0 Å². The van der Waals surface area contributed by atoms with E-state index in [1.165, 1.54) is 0 Å². The number of nitrogens with two attached hydrogens (primary N) is 1. The van der Waals surface area contributed by atoms with Crippen LogP contribution in [0.15, 0.2) is 35.2 Å². The van der Waals surface area contributed by atoms with Crippen LogP contribution in [0.2, 0.25) is 0 Å². The van der Waals surface area contributed by atoms with Crippen molar-refractivity contribution in [3.8, 4) is 5.69 Å². The first-order valence-electron chi connectivity index (χ1n) is 6.18. The molecule has 0 atom stereocenters. The van der Waals surface area contributed by atoms with E-state index in [1.54, 1.807) is 4.68 Å². The van der Waals surface area contributed by atoms with Crippen LogP contribution < -0.4 is 5.14 Å². The quantitative estimate of drug-likeness (QED) is 0.924. The standard InChI is InChI=1S/C13H17N3O2S/c1-3-11-13(19(14,17)18)12(4-2)16(15-11)10-8-6-5-7-9-10/h5-9H,3-4H2,1-2H3,(H2,14,17,18). The van der Waals surface area contributed by atoms with E-state index in [9.17, 15) is 8.42 Å². The van der Waals surface area contributed by atoms with E-state index in [4.69, 9.17) is 5.14 Å². The number of aromatic nitrogens is 2. The molecule has 19 heavy (non-hydrogen) atoms. The second-order valence-electron chi connectivity index (χ2n) is 4.22. The zero-order chi connectivity index (χ0) is 14.0. The van der Waals surface area contributed by atoms with E-state index >= 15 is 0 Å². The van der Waals surface area contributed by atoms with Crippen LogP contribution in [0.3, 0.4) is 0 Å². The van der Waals surface area contributed by atoms with Crippen LogP contribution >= 0.6 is 0 Å². The molecular formula is C13H17N3O2S. The van der Waals surface area contributed by atoms with Crippen LogP contribution in [-0.2, 0) is 22.9 Å². The largest absolute Gasteiger partial charge is 0.241 e. The summed E-state index contributed by atoms with van der Waals surface area (Å²) < 4.78 is 25.2. The normalized spacial score (nSPS) is 11.7. The van der Waals surface area contributed by atoms with Crippen molar-refractivity contribution in [1.29, 1.82) is 0 Å². The van der Waals surface area contributed by atoms with Crippen molar-refractivity contribution < 1.29 is 8.42 Å². The molecule has 2 N–H and O–H groups in total. The number of rotatable bonds is 4. The number of primary sulfonamides is 1. The lowest BCUT2D eigenvalue weighted by Crippen LogP contribution is -2.15. The summed E-state index contributed by atoms with van der Waals surface area (Å²) in [5, 5.41) is 9.71. The minimum atomic E-state index is -3.76. The molecule has 0 bridgehead atoms. The predicted octanol–water partition coefficient (Wildman–Crippen LogP) is 1.64. The molecule has 0 spiro atoms. The molecule has 1 aromatic heterocycles. The van der Waals surface area contributed by atoms with Crippen molar-refractivity contribution in [2.75, 3.05) is 0 Å². The second kappa shape index (κ2) is 5.14. The Kier molecular flexibility index (Phi) is 3.73. The molecule has 5 nitrogen and oxygen atoms in total. The highest BCUT2D eigenvalue weighted by Crippen LogP contribution is 2.23. The van der Waals surface area contributed by atoms with Crippen LogP contribution in [-0.4, -0.2) is 18.2 Å². The molecule has 2 aromatic rings. The smallest absolute Gasteiger partial charge is 0.236 e. The maximum Gasteiger partial charge on any atom is 0.241 e. The minimum Gasteiger partial charge on any atom is -0.236 e. The molecule has 102 valence electrons. The number of para-hydroxylation sites is 1. The average molecular weight is 279 g/mol. The third kappa shape index (κ3) is 2.54. The van der Waals surface area contributed by atoms with E-state index in [-0.39, 0.29) is 4.90 Å². The summed E-state index contributed by atoms with van der Waals surface area (Å²) in [7, 11) is -3.76. The first kappa shape index (κ1) is 13.8. The van der Waals surface area contributed by atoms with Gasteiger partial charge in [0.15, 0.2) is 0 Å². The van der Waals surface area contributed by atoms with Gasteiger partial charge >= 0.3 is 0 Å². The Morgan fingerprint density at radius 1 is 1.16 bits per heavy atom. The van der Waals surface area contributed by atoms with Gasteiger partial charge in [0.2, 0.25) is 10.0 Å². The van der Waals surface area contributed by atoms with Crippen LogP contribution in [0.25, 0.3) is 5.69 Å². The number of hydrogen-bond donors (Lipinski definition) is 1. The topological polar surface area (TPSA) is 78.0 Å². The van der Waals surface area contributed by atoms with Gasteiger partial charge in [0, 0.05) is 0 Å². The summed E-state index contributed by atoms with van der Waals surface area (Å²) in [6.07, 6.45) is 1.08. The molecule has 0 aliphatic rings. The van der Waals surface area contributed by atoms with Gasteiger partial charge in [-0.05, 0) is 25.0 Å². The Morgan fingerprint density at radius 2 is 1.79 bits per heavy atom. The summed E-state index contributed by atoms with van der Waals surface area (Å²) in [4.78, 5) is 0.168. The molecular weight excluding hydrogens is 262 g/mol. The number of aryl methyl sites for hydroxylation is 1. The van der Waals surface area contributed by atoms with E-state index in [2.05, 4.69) is 5.10 Å². The Bertz CT molecular complexity index is 675. The fourth-order valence-electron chi connectivity index (χ4n) is 2.14. The number of benzene rings is 1. The molecule has 6 heteroatoms. The molecule has 1 aromatic carbocycles. The molecule has 0 unspecified atom stereocenters. The lowest BCUT2D eigenvalue weighted by molar-refractivity contribution is 0.595. The SMILES string of the molecule is CCc1nn(-c2ccccc2)c(CC)c1S(N)(=O)=O. The van der Waals surface area contributed by atoms with Gasteiger partial charge in [-0.1, -0.05) is 32.0 Å². The van der Waals surface area contributed by atoms with E-state index in [1.807, 2.05) is 44.2 Å². The first-order chi connectivity index (χ1) is 8.99. The van der Waals surface area contributed by atoms with Gasteiger partial charge in [0.05, 0.1) is 17.1 Å². The summed E-state index contributed by atoms with van der Waals surface area (Å²) >= 11 is 0. The van der Waals surface area contributed by atoms with Gasteiger partial charge in [-0.2, -0.15) is 5.10 Å². The van der Waals surface area contributed by atoms with Gasteiger partial charge in [-0.3, -0.25) is 0 Å². The van der Waals surface area contributed by atoms with Crippen molar-refractivity contribution >= 4 is 10.0 Å². The fourth-order valence-corrected chi connectivity index (χ4v) is 3.21. The number of hydrogen-bond acceptors (Lipinski definition) is 3. The molecule has 2 rings (SSSR count). The summed E-state index contributed by atoms with van der Waals surface area (Å²) in [6.45, 7) is 3.76. The Hall–Kier alpha value is -1.66. The summed E-state index contributed by atoms with van der Waals surface area (Å²) in [5.74, 6) is 0. The van der Waals surface area contributed by atoms with Crippen LogP contribution in [0, 0.1) is 0 Å². The van der Waals surface area contributed by atoms with Crippen LogP contribution in [0.5, 0.6) is 0 Å². The monoisotopic (exact) mass is 279 g/mol. The Balaban J connectivity index is 2.75. The van der Waals surface area contributed by atoms with Gasteiger partial charge < -0.3 is 0 Å². The minimum absolute atomic E-state index is 0.168. The number of nitrogens with zero attached hydrogens (tertiary/aromatic N) is 2. The third-order valence-corrected chi connectivity index (χ3v) is 4.00. The van der Waals surface area contributed by atoms with E-state index < -0.39 is 10.0 Å². The van der Waals surface area contributed by atoms with Gasteiger partial charge in [0.1, 0.15) is 4.90 Å². The maximum atomic E-state index is 11.8. The predicted molar refractivity (Wildman–Crippen MR) is 73.7 cm³/mol. The maximum absolute atomic E-state index is 11.8. The molecule has 0 radical (unpaired) electrons. The third-order valence-electron chi connectivity index (χ3n) is 2.96. The summed E-state index contributed by atoms with van der Waals surface area (Å²) in [6, 6.07) is 9.45. The van der Waals surface area contributed by atoms with Crippen molar-refractivity contribution in [1.82, 2.24) is 9.78 Å². The molecule has 0 saturated carbocycles. The molecule has 0 aliphatic heterocycles. The van der Waals surface area contributed by atoms with Crippen molar-refractivity contribution in [2.45, 2.75) is 31.6 Å². The van der Waals surface area contributed by atoms with Crippen molar-refractivity contribution in [3.63, 3.8) is 0 Å². The number of sulfonamides is 1. The zero-order valence-electron chi connectivity index (χ0n) is 11.0. The lowest BCUT2D eigenvalue weighted by Gasteiger charge is -2.06. The van der Waals surface area contributed by atoms with Crippen molar-refractivity contribution in [2.24, 2.45) is 5.14 Å². The first-order valence-corrected chi connectivity index (χ1v) is 7.72. The summed E-state index contributed by atoms with van der Waals surface area (Å²) in [5.41, 5.74) is 1.98. The van der Waals surface area contributed by atoms with E-state index in [0.29, 0.717) is 24.2 Å². The Morgan fingerprint density at radius 3 is 2.26 bits per heavy atom. The molecule has 0 aliphatic carbocycles. The second-order valence-corrected chi connectivity index (χ2v) is 5.72. The highest BCUT2D eigenvalue weighted by Gasteiger charge is 2.24. The molecule has 1 heterocycles.